The Kier molecular flexibility index (Phi) is 8.35. The van der Waals surface area contributed by atoms with E-state index in [1.165, 1.54) is 0 Å². The van der Waals surface area contributed by atoms with Gasteiger partial charge in [-0.2, -0.15) is 0 Å². The van der Waals surface area contributed by atoms with E-state index in [2.05, 4.69) is 22.5 Å². The number of nitrogens with one attached hydrogen (secondary N) is 2. The molecule has 32 heavy (non-hydrogen) atoms. The molecule has 1 aliphatic rings. The lowest BCUT2D eigenvalue weighted by atomic mass is 10.2. The van der Waals surface area contributed by atoms with Crippen molar-refractivity contribution in [2.24, 2.45) is 0 Å². The molecule has 172 valence electrons. The van der Waals surface area contributed by atoms with Gasteiger partial charge in [-0.05, 0) is 31.4 Å². The number of carbonyl (C=O) groups is 3. The minimum absolute atomic E-state index is 0.0844. The van der Waals surface area contributed by atoms with E-state index in [0.29, 0.717) is 12.1 Å². The highest BCUT2D eigenvalue weighted by molar-refractivity contribution is 5.95. The maximum absolute atomic E-state index is 12.9. The minimum Gasteiger partial charge on any atom is -0.456 e. The quantitative estimate of drug-likeness (QED) is 0.576. The van der Waals surface area contributed by atoms with Crippen molar-refractivity contribution < 1.29 is 19.1 Å². The van der Waals surface area contributed by atoms with Gasteiger partial charge in [-0.3, -0.25) is 19.7 Å². The fraction of sp³-hybridized carbons (Fsp3) is 0.522. The summed E-state index contributed by atoms with van der Waals surface area (Å²) in [7, 11) is 0. The number of esters is 1. The van der Waals surface area contributed by atoms with E-state index < -0.39 is 24.5 Å². The molecule has 0 bridgehead atoms. The molecule has 0 unspecified atom stereocenters. The van der Waals surface area contributed by atoms with Gasteiger partial charge in [0.15, 0.2) is 6.61 Å². The fourth-order valence-corrected chi connectivity index (χ4v) is 3.84. The Hall–Kier alpha value is -3.23. The number of carbonyl (C=O) groups excluding carboxylic acids is 3. The van der Waals surface area contributed by atoms with Crippen molar-refractivity contribution in [1.82, 2.24) is 20.2 Å². The Labute approximate surface area is 186 Å². The van der Waals surface area contributed by atoms with Gasteiger partial charge >= 0.3 is 12.0 Å². The predicted molar refractivity (Wildman–Crippen MR) is 119 cm³/mol. The van der Waals surface area contributed by atoms with Gasteiger partial charge in [0.05, 0.1) is 17.5 Å². The van der Waals surface area contributed by atoms with Gasteiger partial charge in [-0.15, -0.1) is 0 Å². The van der Waals surface area contributed by atoms with Crippen LogP contribution in [0.3, 0.4) is 0 Å². The molecule has 1 aromatic carbocycles. The van der Waals surface area contributed by atoms with Crippen LogP contribution in [0, 0.1) is 0 Å². The van der Waals surface area contributed by atoms with E-state index in [9.17, 15) is 19.2 Å². The first kappa shape index (κ1) is 23.4. The molecule has 1 aromatic heterocycles. The number of hydrogen-bond donors (Lipinski definition) is 2. The smallest absolute Gasteiger partial charge is 0.321 e. The Bertz CT molecular complexity index is 1030. The number of hydrogen-bond acceptors (Lipinski definition) is 6. The molecule has 0 radical (unpaired) electrons. The van der Waals surface area contributed by atoms with Crippen molar-refractivity contribution in [1.29, 1.82) is 0 Å². The van der Waals surface area contributed by atoms with Crippen LogP contribution in [0.15, 0.2) is 29.1 Å². The zero-order valence-electron chi connectivity index (χ0n) is 18.4. The van der Waals surface area contributed by atoms with Gasteiger partial charge in [0.1, 0.15) is 5.69 Å². The molecule has 3 amide bonds. The summed E-state index contributed by atoms with van der Waals surface area (Å²) in [5.41, 5.74) is 1.53. The van der Waals surface area contributed by atoms with Crippen molar-refractivity contribution in [2.45, 2.75) is 70.9 Å². The molecule has 2 N–H and O–H groups in total. The first-order chi connectivity index (χ1) is 15.5. The van der Waals surface area contributed by atoms with E-state index in [0.717, 1.165) is 44.0 Å². The summed E-state index contributed by atoms with van der Waals surface area (Å²) in [5.74, 6) is -1.33. The van der Waals surface area contributed by atoms with Crippen molar-refractivity contribution in [3.8, 4) is 0 Å². The number of nitrogens with zero attached hydrogens (tertiary/aromatic N) is 2. The summed E-state index contributed by atoms with van der Waals surface area (Å²) < 4.78 is 6.65. The third kappa shape index (κ3) is 6.38. The maximum Gasteiger partial charge on any atom is 0.321 e. The lowest BCUT2D eigenvalue weighted by Crippen LogP contribution is -2.45. The molecular weight excluding hydrogens is 412 g/mol. The number of rotatable bonds is 9. The lowest BCUT2D eigenvalue weighted by molar-refractivity contribution is -0.148. The van der Waals surface area contributed by atoms with Gasteiger partial charge in [-0.25, -0.2) is 9.78 Å². The lowest BCUT2D eigenvalue weighted by Gasteiger charge is -2.12. The van der Waals surface area contributed by atoms with Crippen LogP contribution in [0.25, 0.3) is 11.0 Å². The number of urea groups is 1. The van der Waals surface area contributed by atoms with Crippen LogP contribution >= 0.6 is 0 Å². The van der Waals surface area contributed by atoms with Crippen molar-refractivity contribution in [3.63, 3.8) is 0 Å². The topological polar surface area (TPSA) is 119 Å². The number of aromatic nitrogens is 2. The van der Waals surface area contributed by atoms with Crippen LogP contribution in [0.4, 0.5) is 4.79 Å². The summed E-state index contributed by atoms with van der Waals surface area (Å²) in [4.78, 5) is 53.0. The molecule has 0 spiro atoms. The monoisotopic (exact) mass is 442 g/mol. The number of ether oxygens (including phenoxy) is 1. The summed E-state index contributed by atoms with van der Waals surface area (Å²) in [6, 6.07) is 6.91. The normalized spacial score (nSPS) is 13.8. The largest absolute Gasteiger partial charge is 0.456 e. The number of aryl methyl sites for hydroxylation is 2. The first-order valence-corrected chi connectivity index (χ1v) is 11.2. The minimum atomic E-state index is -0.695. The zero-order valence-corrected chi connectivity index (χ0v) is 18.4. The van der Waals surface area contributed by atoms with Gasteiger partial charge in [0.2, 0.25) is 0 Å². The van der Waals surface area contributed by atoms with Gasteiger partial charge in [0.25, 0.3) is 11.5 Å². The molecule has 1 fully saturated rings. The van der Waals surface area contributed by atoms with E-state index in [1.807, 2.05) is 24.3 Å². The second-order valence-electron chi connectivity index (χ2n) is 8.02. The Morgan fingerprint density at radius 3 is 2.69 bits per heavy atom. The van der Waals surface area contributed by atoms with Gasteiger partial charge in [-0.1, -0.05) is 38.3 Å². The second-order valence-corrected chi connectivity index (χ2v) is 8.02. The highest BCUT2D eigenvalue weighted by Crippen LogP contribution is 2.17. The fourth-order valence-electron chi connectivity index (χ4n) is 3.84. The van der Waals surface area contributed by atoms with Gasteiger partial charge in [0, 0.05) is 19.0 Å². The number of benzene rings is 1. The average molecular weight is 443 g/mol. The predicted octanol–water partition coefficient (Wildman–Crippen LogP) is 2.44. The van der Waals surface area contributed by atoms with E-state index in [1.54, 1.807) is 4.57 Å². The van der Waals surface area contributed by atoms with Crippen LogP contribution in [0.5, 0.6) is 0 Å². The molecule has 9 nitrogen and oxygen atoms in total. The summed E-state index contributed by atoms with van der Waals surface area (Å²) in [6.45, 7) is 2.08. The zero-order chi connectivity index (χ0) is 22.9. The third-order valence-electron chi connectivity index (χ3n) is 5.53. The van der Waals surface area contributed by atoms with Crippen LogP contribution in [-0.4, -0.2) is 40.1 Å². The van der Waals surface area contributed by atoms with Crippen LogP contribution in [-0.2, 0) is 27.3 Å². The Morgan fingerprint density at radius 2 is 1.94 bits per heavy atom. The van der Waals surface area contributed by atoms with Crippen molar-refractivity contribution in [3.05, 3.63) is 40.3 Å². The molecule has 1 saturated carbocycles. The molecule has 2 aromatic rings. The second kappa shape index (κ2) is 11.4. The highest BCUT2D eigenvalue weighted by atomic mass is 16.5. The number of unbranched alkanes of at least 4 members (excludes halogenated alkanes) is 1. The number of fused-ring (bicyclic) bond motifs is 1. The van der Waals surface area contributed by atoms with E-state index in [-0.39, 0.29) is 30.1 Å². The van der Waals surface area contributed by atoms with E-state index in [4.69, 9.17) is 4.74 Å². The summed E-state index contributed by atoms with van der Waals surface area (Å²) in [5, 5.41) is 4.89. The molecule has 9 heteroatoms. The van der Waals surface area contributed by atoms with Gasteiger partial charge < -0.3 is 14.6 Å². The number of amides is 3. The summed E-state index contributed by atoms with van der Waals surface area (Å²) in [6.07, 6.45) is 5.76. The van der Waals surface area contributed by atoms with Crippen LogP contribution in [0.2, 0.25) is 0 Å². The molecule has 0 saturated heterocycles. The van der Waals surface area contributed by atoms with Crippen LogP contribution in [0.1, 0.15) is 57.6 Å². The van der Waals surface area contributed by atoms with Crippen molar-refractivity contribution >= 4 is 28.9 Å². The number of para-hydroxylation sites is 2. The maximum atomic E-state index is 12.9. The number of imide groups is 1. The average Bonchev–Trinajstić information content (AvgIpc) is 3.28. The highest BCUT2D eigenvalue weighted by Gasteiger charge is 2.19. The molecule has 0 atom stereocenters. The van der Waals surface area contributed by atoms with Crippen LogP contribution < -0.4 is 16.2 Å². The van der Waals surface area contributed by atoms with E-state index >= 15 is 0 Å². The molecule has 1 heterocycles. The first-order valence-electron chi connectivity index (χ1n) is 11.2. The SMILES string of the molecule is CCCCn1c(=O)c(CCC(=O)OCC(=O)NC(=O)NC2CCCC2)nc2ccccc21. The standard InChI is InChI=1S/C23H30N4O5/c1-2-3-14-27-19-11-7-6-10-17(19)25-18(22(27)30)12-13-21(29)32-15-20(28)26-23(31)24-16-8-4-5-9-16/h6-7,10-11,16H,2-5,8-9,12-15H2,1H3,(H2,24,26,28,31). The third-order valence-corrected chi connectivity index (χ3v) is 5.53. The van der Waals surface area contributed by atoms with Crippen molar-refractivity contribution in [2.75, 3.05) is 6.61 Å². The molecule has 1 aliphatic carbocycles. The Balaban J connectivity index is 1.51. The molecule has 0 aliphatic heterocycles. The molecular formula is C23H30N4O5. The Morgan fingerprint density at radius 1 is 1.19 bits per heavy atom. The summed E-state index contributed by atoms with van der Waals surface area (Å²) >= 11 is 0. The molecule has 3 rings (SSSR count).